The fourth-order valence-corrected chi connectivity index (χ4v) is 3.59. The van der Waals surface area contributed by atoms with E-state index >= 15 is 0 Å². The molecule has 3 aromatic rings. The highest BCUT2D eigenvalue weighted by molar-refractivity contribution is 6.31. The number of hydrogen-bond donors (Lipinski definition) is 2. The first-order chi connectivity index (χ1) is 14.5. The van der Waals surface area contributed by atoms with E-state index in [1.807, 2.05) is 30.3 Å². The molecule has 2 amide bonds. The molecule has 0 spiro atoms. The third kappa shape index (κ3) is 4.44. The number of nitrogens with one attached hydrogen (secondary N) is 2. The normalized spacial score (nSPS) is 15.3. The highest BCUT2D eigenvalue weighted by atomic mass is 35.5. The molecular weight excluding hydrogens is 405 g/mol. The summed E-state index contributed by atoms with van der Waals surface area (Å²) in [7, 11) is 0. The number of halogens is 2. The fourth-order valence-electron chi connectivity index (χ4n) is 3.41. The van der Waals surface area contributed by atoms with Gasteiger partial charge in [0.1, 0.15) is 11.9 Å². The molecule has 152 valence electrons. The second-order valence-corrected chi connectivity index (χ2v) is 7.46. The first-order valence-corrected chi connectivity index (χ1v) is 9.84. The first-order valence-electron chi connectivity index (χ1n) is 9.46. The predicted octanol–water partition coefficient (Wildman–Crippen LogP) is 4.84. The molecule has 0 bridgehead atoms. The maximum Gasteiger partial charge on any atom is 0.250 e. The Morgan fingerprint density at radius 3 is 2.53 bits per heavy atom. The maximum atomic E-state index is 13.2. The second-order valence-electron chi connectivity index (χ2n) is 7.03. The van der Waals surface area contributed by atoms with Crippen molar-refractivity contribution in [2.24, 2.45) is 0 Å². The van der Waals surface area contributed by atoms with Crippen LogP contribution in [0.1, 0.15) is 12.0 Å². The number of amides is 2. The molecule has 0 fully saturated rings. The molecular formula is C23H19ClFN3O2. The van der Waals surface area contributed by atoms with Gasteiger partial charge in [-0.3, -0.25) is 9.59 Å². The number of fused-ring (bicyclic) bond motifs is 1. The van der Waals surface area contributed by atoms with Crippen LogP contribution in [0.5, 0.6) is 0 Å². The van der Waals surface area contributed by atoms with E-state index in [0.29, 0.717) is 28.6 Å². The summed E-state index contributed by atoms with van der Waals surface area (Å²) in [6, 6.07) is 19.6. The Labute approximate surface area is 178 Å². The van der Waals surface area contributed by atoms with Gasteiger partial charge >= 0.3 is 0 Å². The minimum Gasteiger partial charge on any atom is -0.372 e. The molecule has 3 aromatic carbocycles. The van der Waals surface area contributed by atoms with Crippen molar-refractivity contribution >= 4 is 40.5 Å². The zero-order chi connectivity index (χ0) is 21.1. The molecule has 1 atom stereocenters. The van der Waals surface area contributed by atoms with E-state index < -0.39 is 6.04 Å². The molecule has 2 N–H and O–H groups in total. The summed E-state index contributed by atoms with van der Waals surface area (Å²) in [5.74, 6) is -0.942. The summed E-state index contributed by atoms with van der Waals surface area (Å²) in [5.41, 5.74) is 2.85. The van der Waals surface area contributed by atoms with Gasteiger partial charge < -0.3 is 15.5 Å². The third-order valence-electron chi connectivity index (χ3n) is 4.84. The lowest BCUT2D eigenvalue weighted by Gasteiger charge is -2.35. The maximum absolute atomic E-state index is 13.2. The number of nitrogens with zero attached hydrogens (tertiary/aromatic N) is 1. The SMILES string of the molecule is O=C(C[C@H]1Nc2cc(Cl)ccc2N(Cc2ccccc2)C1=O)Nc1ccc(F)cc1. The number of carbonyl (C=O) groups is 2. The van der Waals surface area contributed by atoms with Gasteiger partial charge in [-0.15, -0.1) is 0 Å². The van der Waals surface area contributed by atoms with Crippen molar-refractivity contribution in [2.75, 3.05) is 15.5 Å². The Morgan fingerprint density at radius 1 is 1.07 bits per heavy atom. The van der Waals surface area contributed by atoms with E-state index in [1.54, 1.807) is 23.1 Å². The van der Waals surface area contributed by atoms with Crippen molar-refractivity contribution in [3.8, 4) is 0 Å². The van der Waals surface area contributed by atoms with Crippen LogP contribution in [-0.2, 0) is 16.1 Å². The van der Waals surface area contributed by atoms with Crippen LogP contribution in [0, 0.1) is 5.82 Å². The van der Waals surface area contributed by atoms with Gasteiger partial charge in [0.15, 0.2) is 0 Å². The Balaban J connectivity index is 1.55. The van der Waals surface area contributed by atoms with Crippen molar-refractivity contribution < 1.29 is 14.0 Å². The van der Waals surface area contributed by atoms with Gasteiger partial charge in [0.05, 0.1) is 24.3 Å². The topological polar surface area (TPSA) is 61.4 Å². The molecule has 0 aromatic heterocycles. The molecule has 0 saturated carbocycles. The van der Waals surface area contributed by atoms with E-state index in [9.17, 15) is 14.0 Å². The van der Waals surface area contributed by atoms with Crippen LogP contribution in [0.2, 0.25) is 5.02 Å². The van der Waals surface area contributed by atoms with E-state index in [4.69, 9.17) is 11.6 Å². The highest BCUT2D eigenvalue weighted by Crippen LogP contribution is 2.35. The van der Waals surface area contributed by atoms with Crippen molar-refractivity contribution in [3.05, 3.63) is 89.2 Å². The van der Waals surface area contributed by atoms with Gasteiger partial charge in [0, 0.05) is 10.7 Å². The van der Waals surface area contributed by atoms with Crippen LogP contribution in [-0.4, -0.2) is 17.9 Å². The van der Waals surface area contributed by atoms with Crippen molar-refractivity contribution in [1.29, 1.82) is 0 Å². The molecule has 1 aliphatic heterocycles. The number of anilines is 3. The van der Waals surface area contributed by atoms with E-state index in [1.165, 1.54) is 24.3 Å². The smallest absolute Gasteiger partial charge is 0.250 e. The van der Waals surface area contributed by atoms with Gasteiger partial charge in [0.2, 0.25) is 11.8 Å². The standard InChI is InChI=1S/C23H19ClFN3O2/c24-16-6-11-21-19(12-16)27-20(13-22(29)26-18-9-7-17(25)8-10-18)23(30)28(21)14-15-4-2-1-3-5-15/h1-12,20,27H,13-14H2,(H,26,29)/t20-/m1/s1. The molecule has 0 unspecified atom stereocenters. The van der Waals surface area contributed by atoms with Gasteiger partial charge in [0.25, 0.3) is 0 Å². The zero-order valence-corrected chi connectivity index (χ0v) is 16.7. The van der Waals surface area contributed by atoms with Gasteiger partial charge in [-0.2, -0.15) is 0 Å². The molecule has 0 saturated heterocycles. The zero-order valence-electron chi connectivity index (χ0n) is 15.9. The molecule has 4 rings (SSSR count). The second kappa shape index (κ2) is 8.55. The quantitative estimate of drug-likeness (QED) is 0.617. The molecule has 7 heteroatoms. The molecule has 5 nitrogen and oxygen atoms in total. The molecule has 0 aliphatic carbocycles. The number of benzene rings is 3. The van der Waals surface area contributed by atoms with Crippen molar-refractivity contribution in [3.63, 3.8) is 0 Å². The Kier molecular flexibility index (Phi) is 5.68. The van der Waals surface area contributed by atoms with Gasteiger partial charge in [-0.25, -0.2) is 4.39 Å². The summed E-state index contributed by atoms with van der Waals surface area (Å²) in [6.45, 7) is 0.381. The molecule has 1 heterocycles. The lowest BCUT2D eigenvalue weighted by atomic mass is 10.0. The van der Waals surface area contributed by atoms with E-state index in [2.05, 4.69) is 10.6 Å². The van der Waals surface area contributed by atoms with Gasteiger partial charge in [-0.05, 0) is 48.0 Å². The fraction of sp³-hybridized carbons (Fsp3) is 0.130. The van der Waals surface area contributed by atoms with Crippen LogP contribution in [0.25, 0.3) is 0 Å². The largest absolute Gasteiger partial charge is 0.372 e. The minimum atomic E-state index is -0.750. The van der Waals surface area contributed by atoms with E-state index in [0.717, 1.165) is 5.56 Å². The van der Waals surface area contributed by atoms with Crippen LogP contribution < -0.4 is 15.5 Å². The molecule has 1 aliphatic rings. The number of hydrogen-bond acceptors (Lipinski definition) is 3. The Hall–Kier alpha value is -3.38. The summed E-state index contributed by atoms with van der Waals surface area (Å²) < 4.78 is 13.1. The van der Waals surface area contributed by atoms with Gasteiger partial charge in [-0.1, -0.05) is 41.9 Å². The van der Waals surface area contributed by atoms with Crippen LogP contribution >= 0.6 is 11.6 Å². The number of carbonyl (C=O) groups excluding carboxylic acids is 2. The summed E-state index contributed by atoms with van der Waals surface area (Å²) in [6.07, 6.45) is -0.0759. The summed E-state index contributed by atoms with van der Waals surface area (Å²) >= 11 is 6.14. The summed E-state index contributed by atoms with van der Waals surface area (Å²) in [4.78, 5) is 27.4. The first kappa shape index (κ1) is 19.9. The van der Waals surface area contributed by atoms with Crippen molar-refractivity contribution in [2.45, 2.75) is 19.0 Å². The average Bonchev–Trinajstić information content (AvgIpc) is 2.73. The Bertz CT molecular complexity index is 1070. The average molecular weight is 424 g/mol. The monoisotopic (exact) mass is 423 g/mol. The molecule has 0 radical (unpaired) electrons. The third-order valence-corrected chi connectivity index (χ3v) is 5.08. The highest BCUT2D eigenvalue weighted by Gasteiger charge is 2.34. The summed E-state index contributed by atoms with van der Waals surface area (Å²) in [5, 5.41) is 6.36. The lowest BCUT2D eigenvalue weighted by molar-refractivity contribution is -0.123. The van der Waals surface area contributed by atoms with Crippen LogP contribution in [0.3, 0.4) is 0 Å². The number of rotatable bonds is 5. The minimum absolute atomic E-state index is 0.0759. The Morgan fingerprint density at radius 2 is 1.80 bits per heavy atom. The van der Waals surface area contributed by atoms with E-state index in [-0.39, 0.29) is 24.1 Å². The van der Waals surface area contributed by atoms with Crippen LogP contribution in [0.15, 0.2) is 72.8 Å². The predicted molar refractivity (Wildman–Crippen MR) is 116 cm³/mol. The van der Waals surface area contributed by atoms with Crippen LogP contribution in [0.4, 0.5) is 21.5 Å². The van der Waals surface area contributed by atoms with Crippen molar-refractivity contribution in [1.82, 2.24) is 0 Å². The molecule has 30 heavy (non-hydrogen) atoms. The lowest BCUT2D eigenvalue weighted by Crippen LogP contribution is -2.48.